The average molecular weight is 228 g/mol. The van der Waals surface area contributed by atoms with E-state index in [0.29, 0.717) is 12.5 Å². The van der Waals surface area contributed by atoms with Crippen molar-refractivity contribution in [2.45, 2.75) is 32.6 Å². The topological polar surface area (TPSA) is 78.4 Å². The van der Waals surface area contributed by atoms with E-state index < -0.39 is 11.9 Å². The van der Waals surface area contributed by atoms with Gasteiger partial charge < -0.3 is 15.7 Å². The van der Waals surface area contributed by atoms with Crippen LogP contribution in [0.3, 0.4) is 0 Å². The molecule has 5 nitrogen and oxygen atoms in total. The van der Waals surface area contributed by atoms with Crippen molar-refractivity contribution < 1.29 is 14.7 Å². The molecule has 16 heavy (non-hydrogen) atoms. The van der Waals surface area contributed by atoms with Gasteiger partial charge in [-0.2, -0.15) is 0 Å². The van der Waals surface area contributed by atoms with Crippen LogP contribution in [0.5, 0.6) is 0 Å². The van der Waals surface area contributed by atoms with E-state index in [1.807, 2.05) is 0 Å². The van der Waals surface area contributed by atoms with Crippen LogP contribution in [0, 0.1) is 11.8 Å². The summed E-state index contributed by atoms with van der Waals surface area (Å²) in [6, 6.07) is -0.264. The summed E-state index contributed by atoms with van der Waals surface area (Å²) in [4.78, 5) is 21.8. The average Bonchev–Trinajstić information content (AvgIpc) is 2.75. The van der Waals surface area contributed by atoms with Crippen molar-refractivity contribution >= 4 is 12.0 Å². The highest BCUT2D eigenvalue weighted by Crippen LogP contribution is 2.23. The monoisotopic (exact) mass is 228 g/mol. The molecule has 0 bridgehead atoms. The van der Waals surface area contributed by atoms with Gasteiger partial charge in [0.05, 0.1) is 5.92 Å². The summed E-state index contributed by atoms with van der Waals surface area (Å²) in [6.45, 7) is 2.44. The third-order valence-electron chi connectivity index (χ3n) is 3.02. The zero-order valence-corrected chi connectivity index (χ0v) is 9.66. The molecule has 0 aliphatic heterocycles. The lowest BCUT2D eigenvalue weighted by Gasteiger charge is -2.12. The zero-order valence-electron chi connectivity index (χ0n) is 9.66. The molecule has 0 aromatic heterocycles. The van der Waals surface area contributed by atoms with Gasteiger partial charge in [0.1, 0.15) is 0 Å². The molecule has 0 aromatic rings. The maximum absolute atomic E-state index is 11.3. The van der Waals surface area contributed by atoms with Crippen LogP contribution in [0.25, 0.3) is 0 Å². The van der Waals surface area contributed by atoms with E-state index >= 15 is 0 Å². The zero-order chi connectivity index (χ0) is 12.0. The lowest BCUT2D eigenvalue weighted by Crippen LogP contribution is -2.40. The van der Waals surface area contributed by atoms with E-state index in [2.05, 4.69) is 10.6 Å². The molecule has 3 N–H and O–H groups in total. The molecule has 92 valence electrons. The Morgan fingerprint density at radius 1 is 1.31 bits per heavy atom. The van der Waals surface area contributed by atoms with Gasteiger partial charge in [0.2, 0.25) is 0 Å². The molecular weight excluding hydrogens is 208 g/mol. The molecule has 1 fully saturated rings. The first-order chi connectivity index (χ1) is 7.59. The van der Waals surface area contributed by atoms with Crippen molar-refractivity contribution in [3.8, 4) is 0 Å². The fraction of sp³-hybridized carbons (Fsp3) is 0.818. The third-order valence-corrected chi connectivity index (χ3v) is 3.02. The SMILES string of the molecule is CC(CNC(=O)NCC1CCCC1)C(=O)O. The number of rotatable bonds is 5. The van der Waals surface area contributed by atoms with Gasteiger partial charge >= 0.3 is 12.0 Å². The number of aliphatic carboxylic acids is 1. The van der Waals surface area contributed by atoms with Gasteiger partial charge in [-0.15, -0.1) is 0 Å². The minimum absolute atomic E-state index is 0.172. The molecule has 1 unspecified atom stereocenters. The summed E-state index contributed by atoms with van der Waals surface area (Å²) in [5.41, 5.74) is 0. The molecule has 0 spiro atoms. The predicted molar refractivity (Wildman–Crippen MR) is 60.2 cm³/mol. The Kier molecular flexibility index (Phi) is 5.08. The predicted octanol–water partition coefficient (Wildman–Crippen LogP) is 1.20. The largest absolute Gasteiger partial charge is 0.481 e. The first kappa shape index (κ1) is 12.8. The first-order valence-corrected chi connectivity index (χ1v) is 5.84. The van der Waals surface area contributed by atoms with E-state index in [1.54, 1.807) is 6.92 Å². The summed E-state index contributed by atoms with van der Waals surface area (Å²) in [5, 5.41) is 14.0. The molecule has 1 atom stereocenters. The molecule has 1 aliphatic carbocycles. The molecule has 0 saturated heterocycles. The van der Waals surface area contributed by atoms with Crippen LogP contribution < -0.4 is 10.6 Å². The summed E-state index contributed by atoms with van der Waals surface area (Å²) in [6.07, 6.45) is 4.88. The molecular formula is C11H20N2O3. The number of carboxylic acid groups (broad SMARTS) is 1. The number of hydrogen-bond acceptors (Lipinski definition) is 2. The Balaban J connectivity index is 2.08. The number of hydrogen-bond donors (Lipinski definition) is 3. The van der Waals surface area contributed by atoms with Crippen molar-refractivity contribution in [3.63, 3.8) is 0 Å². The van der Waals surface area contributed by atoms with Crippen LogP contribution in [0.1, 0.15) is 32.6 Å². The summed E-state index contributed by atoms with van der Waals surface area (Å²) < 4.78 is 0. The van der Waals surface area contributed by atoms with Gasteiger partial charge in [-0.3, -0.25) is 4.79 Å². The number of carbonyl (C=O) groups excluding carboxylic acids is 1. The van der Waals surface area contributed by atoms with Crippen molar-refractivity contribution in [2.24, 2.45) is 11.8 Å². The third kappa shape index (κ3) is 4.51. The summed E-state index contributed by atoms with van der Waals surface area (Å²) in [5.74, 6) is -0.837. The fourth-order valence-electron chi connectivity index (χ4n) is 1.85. The lowest BCUT2D eigenvalue weighted by molar-refractivity contribution is -0.140. The molecule has 0 heterocycles. The highest BCUT2D eigenvalue weighted by Gasteiger charge is 2.16. The highest BCUT2D eigenvalue weighted by molar-refractivity contribution is 5.75. The van der Waals surface area contributed by atoms with Gasteiger partial charge in [-0.1, -0.05) is 19.8 Å². The number of carbonyl (C=O) groups is 2. The fourth-order valence-corrected chi connectivity index (χ4v) is 1.85. The minimum Gasteiger partial charge on any atom is -0.481 e. The van der Waals surface area contributed by atoms with E-state index in [4.69, 9.17) is 5.11 Å². The van der Waals surface area contributed by atoms with Crippen molar-refractivity contribution in [2.75, 3.05) is 13.1 Å². The molecule has 0 radical (unpaired) electrons. The van der Waals surface area contributed by atoms with Crippen LogP contribution >= 0.6 is 0 Å². The van der Waals surface area contributed by atoms with Crippen LogP contribution in [-0.4, -0.2) is 30.2 Å². The summed E-state index contributed by atoms with van der Waals surface area (Å²) >= 11 is 0. The van der Waals surface area contributed by atoms with Crippen molar-refractivity contribution in [3.05, 3.63) is 0 Å². The second kappa shape index (κ2) is 6.35. The summed E-state index contributed by atoms with van der Waals surface area (Å²) in [7, 11) is 0. The molecule has 5 heteroatoms. The van der Waals surface area contributed by atoms with E-state index in [9.17, 15) is 9.59 Å². The molecule has 0 aromatic carbocycles. The van der Waals surface area contributed by atoms with Crippen LogP contribution in [-0.2, 0) is 4.79 Å². The van der Waals surface area contributed by atoms with E-state index in [-0.39, 0.29) is 12.6 Å². The van der Waals surface area contributed by atoms with Crippen molar-refractivity contribution in [1.82, 2.24) is 10.6 Å². The maximum Gasteiger partial charge on any atom is 0.314 e. The first-order valence-electron chi connectivity index (χ1n) is 5.84. The Labute approximate surface area is 95.6 Å². The maximum atomic E-state index is 11.3. The highest BCUT2D eigenvalue weighted by atomic mass is 16.4. The van der Waals surface area contributed by atoms with Crippen LogP contribution in [0.15, 0.2) is 0 Å². The van der Waals surface area contributed by atoms with Gasteiger partial charge in [-0.25, -0.2) is 4.79 Å². The normalized spacial score (nSPS) is 18.1. The van der Waals surface area contributed by atoms with Crippen LogP contribution in [0.2, 0.25) is 0 Å². The Bertz CT molecular complexity index is 250. The number of amides is 2. The molecule has 1 aliphatic rings. The van der Waals surface area contributed by atoms with Gasteiger partial charge in [0, 0.05) is 13.1 Å². The lowest BCUT2D eigenvalue weighted by atomic mass is 10.1. The quantitative estimate of drug-likeness (QED) is 0.661. The van der Waals surface area contributed by atoms with E-state index in [1.165, 1.54) is 25.7 Å². The number of urea groups is 1. The van der Waals surface area contributed by atoms with Gasteiger partial charge in [0.15, 0.2) is 0 Å². The molecule has 1 rings (SSSR count). The number of nitrogens with one attached hydrogen (secondary N) is 2. The second-order valence-corrected chi connectivity index (χ2v) is 4.48. The Morgan fingerprint density at radius 2 is 1.94 bits per heavy atom. The van der Waals surface area contributed by atoms with Gasteiger partial charge in [-0.05, 0) is 18.8 Å². The Morgan fingerprint density at radius 3 is 2.50 bits per heavy atom. The van der Waals surface area contributed by atoms with Crippen molar-refractivity contribution in [1.29, 1.82) is 0 Å². The Hall–Kier alpha value is -1.26. The minimum atomic E-state index is -0.893. The second-order valence-electron chi connectivity index (χ2n) is 4.48. The van der Waals surface area contributed by atoms with E-state index in [0.717, 1.165) is 0 Å². The molecule has 1 saturated carbocycles. The number of carboxylic acids is 1. The smallest absolute Gasteiger partial charge is 0.314 e. The molecule has 2 amide bonds. The van der Waals surface area contributed by atoms with Crippen LogP contribution in [0.4, 0.5) is 4.79 Å². The van der Waals surface area contributed by atoms with Gasteiger partial charge in [0.25, 0.3) is 0 Å². The standard InChI is InChI=1S/C11H20N2O3/c1-8(10(14)15)6-12-11(16)13-7-9-4-2-3-5-9/h8-9H,2-7H2,1H3,(H,14,15)(H2,12,13,16).